The number of aryl methyl sites for hydroxylation is 1. The maximum absolute atomic E-state index is 13.7. The molecule has 20 nitrogen and oxygen atoms in total. The Morgan fingerprint density at radius 1 is 1.11 bits per heavy atom. The molecule has 1 radical (unpaired) electrons. The number of nitrogens with zero attached hydrogens (tertiary/aromatic N) is 4. The number of aromatic hydroxyl groups is 1. The second-order valence-electron chi connectivity index (χ2n) is 13.3. The van der Waals surface area contributed by atoms with Gasteiger partial charge in [-0.05, 0) is 44.0 Å². The van der Waals surface area contributed by atoms with Gasteiger partial charge in [0.1, 0.15) is 35.6 Å². The Balaban J connectivity index is 0.000000236. The molecule has 10 N–H and O–H groups in total. The summed E-state index contributed by atoms with van der Waals surface area (Å²) in [6.07, 6.45) is 0.986. The molecule has 1 fully saturated rings. The molecule has 21 heteroatoms. The third kappa shape index (κ3) is 7.24. The number of aromatic nitrogens is 2. The second kappa shape index (κ2) is 16.4. The van der Waals surface area contributed by atoms with Crippen molar-refractivity contribution >= 4 is 59.1 Å². The molecule has 1 aliphatic heterocycles. The van der Waals surface area contributed by atoms with E-state index in [1.165, 1.54) is 54.9 Å². The van der Waals surface area contributed by atoms with Gasteiger partial charge in [-0.1, -0.05) is 12.1 Å². The van der Waals surface area contributed by atoms with Crippen LogP contribution in [0, 0.1) is 28.9 Å². The molecular formula is C35H39BiN5O15. The Labute approximate surface area is 330 Å². The summed E-state index contributed by atoms with van der Waals surface area (Å²) in [6.45, 7) is 3.14. The number of nitro groups is 1. The standard InChI is InChI=1S/C22H24N2O8.C7H6O3.C6H9N3O3.Bi.H2O/c1-21(31)8-5-4-6-11(25)12(8)16(26)13-9(21)7-10-15(24(2)3)17(27)14(20(23)30)19(29)22(10,32)18(13)28;8-6-4-2-1-3-5(6)7(9)10;1-5-7-4-6(9(11)12)8(5)2-3-10;;/h4-6,9-10,15,25-26,29,31-32H,7H2,1-3H3,(H2,23,30);1-4,8H,(H,9,10);4,10H,2-3H2,1H3;;1H2/q;;;+2;/p-2/t9-,10-,15-,21+,22-;;;;/m0..../s1. The zero-order chi connectivity index (χ0) is 40.7. The summed E-state index contributed by atoms with van der Waals surface area (Å²) in [5, 5.41) is 73.9. The van der Waals surface area contributed by atoms with Crippen LogP contribution in [-0.4, -0.2) is 135 Å². The number of hydrogen-bond acceptors (Lipinski definition) is 16. The first kappa shape index (κ1) is 43.4. The normalized spacial score (nSPS) is 24.7. The minimum atomic E-state index is -2.75. The van der Waals surface area contributed by atoms with Crippen LogP contribution in [0.3, 0.4) is 0 Å². The fourth-order valence-electron chi connectivity index (χ4n) is 7.34. The average molecular weight is 979 g/mol. The van der Waals surface area contributed by atoms with Gasteiger partial charge in [0.15, 0.2) is 17.2 Å². The number of phenolic OH excluding ortho intramolecular Hbond substituents is 1. The zero-order valence-corrected chi connectivity index (χ0v) is 33.7. The van der Waals surface area contributed by atoms with Crippen LogP contribution in [-0.2, 0) is 29.3 Å². The average Bonchev–Trinajstić information content (AvgIpc) is 3.49. The molecule has 0 unspecified atom stereocenters. The van der Waals surface area contributed by atoms with Gasteiger partial charge in [-0.15, -0.1) is 0 Å². The van der Waals surface area contributed by atoms with E-state index in [4.69, 9.17) is 16.5 Å². The fourth-order valence-corrected chi connectivity index (χ4v) is 9.06. The molecule has 5 atom stereocenters. The topological polar surface area (TPSA) is 330 Å². The molecule has 2 aromatic carbocycles. The summed E-state index contributed by atoms with van der Waals surface area (Å²) in [5.74, 6) is -6.99. The first-order valence-corrected chi connectivity index (χ1v) is 19.3. The Kier molecular flexibility index (Phi) is 12.7. The molecule has 1 saturated carbocycles. The van der Waals surface area contributed by atoms with Crippen molar-refractivity contribution in [1.82, 2.24) is 14.5 Å². The number of para-hydroxylation sites is 1. The van der Waals surface area contributed by atoms with Crippen molar-refractivity contribution in [1.29, 1.82) is 0 Å². The molecule has 299 valence electrons. The van der Waals surface area contributed by atoms with Crippen molar-refractivity contribution in [2.45, 2.75) is 44.1 Å². The summed E-state index contributed by atoms with van der Waals surface area (Å²) in [7, 11) is 3.01. The monoisotopic (exact) mass is 978 g/mol. The van der Waals surface area contributed by atoms with Gasteiger partial charge in [-0.25, -0.2) is 9.55 Å². The van der Waals surface area contributed by atoms with Crippen molar-refractivity contribution in [2.24, 2.45) is 17.6 Å². The van der Waals surface area contributed by atoms with Gasteiger partial charge in [0.05, 0.1) is 23.8 Å². The van der Waals surface area contributed by atoms with E-state index in [1.807, 2.05) is 6.07 Å². The number of benzene rings is 2. The van der Waals surface area contributed by atoms with Crippen molar-refractivity contribution in [3.63, 3.8) is 0 Å². The number of fused-ring (bicyclic) bond motifs is 4. The molecule has 7 rings (SSSR count). The van der Waals surface area contributed by atoms with Crippen LogP contribution in [0.15, 0.2) is 65.6 Å². The van der Waals surface area contributed by atoms with Crippen molar-refractivity contribution in [3.05, 3.63) is 98.2 Å². The van der Waals surface area contributed by atoms with Crippen molar-refractivity contribution < 1.29 is 65.8 Å². The summed E-state index contributed by atoms with van der Waals surface area (Å²) < 4.78 is 11.4. The van der Waals surface area contributed by atoms with Crippen LogP contribution in [0.2, 0.25) is 0 Å². The Morgan fingerprint density at radius 3 is 2.36 bits per heavy atom. The third-order valence-electron chi connectivity index (χ3n) is 9.93. The van der Waals surface area contributed by atoms with Crippen LogP contribution in [0.1, 0.15) is 40.7 Å². The number of likely N-dealkylation sites (N-methyl/N-ethyl adjacent to an activating group) is 1. The van der Waals surface area contributed by atoms with E-state index in [-0.39, 0.29) is 48.0 Å². The molecule has 0 spiro atoms. The Hall–Kier alpha value is -5.31. The van der Waals surface area contributed by atoms with Gasteiger partial charge in [-0.2, -0.15) is 0 Å². The number of Topliss-reactive ketones (excluding diaryl/α,β-unsaturated/α-hetero) is 2. The second-order valence-corrected chi connectivity index (χ2v) is 15.3. The van der Waals surface area contributed by atoms with Crippen LogP contribution >= 0.6 is 0 Å². The predicted molar refractivity (Wildman–Crippen MR) is 193 cm³/mol. The van der Waals surface area contributed by atoms with Crippen LogP contribution in [0.25, 0.3) is 5.76 Å². The summed E-state index contributed by atoms with van der Waals surface area (Å²) in [6, 6.07) is 10.2. The zero-order valence-electron chi connectivity index (χ0n) is 30.2. The molecule has 1 aromatic heterocycles. The number of aliphatic hydroxyl groups excluding tert-OH is 3. The van der Waals surface area contributed by atoms with E-state index >= 15 is 0 Å². The van der Waals surface area contributed by atoms with E-state index in [0.717, 1.165) is 0 Å². The molecule has 3 aliphatic carbocycles. The number of aliphatic hydroxyl groups is 5. The number of ketones is 2. The van der Waals surface area contributed by atoms with Gasteiger partial charge < -0.3 is 52.0 Å². The maximum atomic E-state index is 13.7. The molecule has 0 bridgehead atoms. The predicted octanol–water partition coefficient (Wildman–Crippen LogP) is -0.334. The first-order chi connectivity index (χ1) is 25.8. The van der Waals surface area contributed by atoms with Crippen LogP contribution in [0.4, 0.5) is 5.82 Å². The molecule has 4 aliphatic rings. The van der Waals surface area contributed by atoms with E-state index in [1.54, 1.807) is 25.1 Å². The SMILES string of the molecule is CN(C)[C@@H]1C(=O)C(C(N)=O)=C(O)[C@@]2(O)C(=O)C3=C(O)c4c(O)cccc4[C@@](C)(O)[C@H]3C[C@@H]12.Cc1ncc([N+](=O)[O-])n1CCO.O.O=C1[O][Bi][O]c2ccccc21. The molecule has 3 aromatic rings. The van der Waals surface area contributed by atoms with Gasteiger partial charge in [0.2, 0.25) is 5.78 Å². The quantitative estimate of drug-likeness (QED) is 0.0745. The van der Waals surface area contributed by atoms with Gasteiger partial charge in [-0.3, -0.25) is 19.3 Å². The molecular weight excluding hydrogens is 939 g/mol. The number of hydrogen-bond donors (Lipinski definition) is 7. The van der Waals surface area contributed by atoms with E-state index < -0.39 is 104 Å². The summed E-state index contributed by atoms with van der Waals surface area (Å²) >= 11 is -1.43. The summed E-state index contributed by atoms with van der Waals surface area (Å²) in [5.41, 5.74) is -0.00394. The van der Waals surface area contributed by atoms with Gasteiger partial charge in [0.25, 0.3) is 5.91 Å². The Morgan fingerprint density at radius 2 is 1.77 bits per heavy atom. The molecule has 0 saturated heterocycles. The molecule has 1 amide bonds. The number of nitrogens with two attached hydrogens (primary N) is 1. The Bertz CT molecular complexity index is 2160. The first-order valence-electron chi connectivity index (χ1n) is 16.5. The van der Waals surface area contributed by atoms with Gasteiger partial charge in [0, 0.05) is 24.3 Å². The number of primary amides is 1. The van der Waals surface area contributed by atoms with Crippen LogP contribution < -0.4 is 8.55 Å². The van der Waals surface area contributed by atoms with E-state index in [0.29, 0.717) is 17.1 Å². The van der Waals surface area contributed by atoms with Crippen LogP contribution in [0.5, 0.6) is 11.5 Å². The summed E-state index contributed by atoms with van der Waals surface area (Å²) in [4.78, 5) is 64.6. The number of amides is 1. The van der Waals surface area contributed by atoms with Crippen molar-refractivity contribution in [2.75, 3.05) is 20.7 Å². The fraction of sp³-hybridized carbons (Fsp3) is 0.343. The number of carbonyl (C=O) groups excluding carboxylic acids is 4. The van der Waals surface area contributed by atoms with E-state index in [9.17, 15) is 54.8 Å². The number of imidazole rings is 1. The number of rotatable bonds is 5. The molecule has 56 heavy (non-hydrogen) atoms. The number of phenols is 1. The minimum absolute atomic E-state index is 0. The molecule has 2 heterocycles. The van der Waals surface area contributed by atoms with E-state index in [2.05, 4.69) is 4.98 Å². The van der Waals surface area contributed by atoms with Gasteiger partial charge >= 0.3 is 81.9 Å². The third-order valence-corrected chi connectivity index (χ3v) is 11.9. The number of carbonyl (C=O) groups is 4. The van der Waals surface area contributed by atoms with Crippen molar-refractivity contribution in [3.8, 4) is 11.5 Å².